The van der Waals surface area contributed by atoms with Gasteiger partial charge in [0.25, 0.3) is 0 Å². The fourth-order valence-electron chi connectivity index (χ4n) is 3.23. The zero-order chi connectivity index (χ0) is 21.2. The van der Waals surface area contributed by atoms with Crippen LogP contribution < -0.4 is 10.4 Å². The molecule has 3 aromatic carbocycles. The van der Waals surface area contributed by atoms with Gasteiger partial charge in [0.05, 0.1) is 18.4 Å². The summed E-state index contributed by atoms with van der Waals surface area (Å²) in [5, 5.41) is 3.40. The number of ether oxygens (including phenoxy) is 1. The van der Waals surface area contributed by atoms with Crippen molar-refractivity contribution in [3.05, 3.63) is 94.7 Å². The predicted molar refractivity (Wildman–Crippen MR) is 126 cm³/mol. The molecule has 0 aliphatic heterocycles. The smallest absolute Gasteiger partial charge is 0.346 e. The van der Waals surface area contributed by atoms with E-state index < -0.39 is 5.63 Å². The van der Waals surface area contributed by atoms with Crippen molar-refractivity contribution in [2.45, 2.75) is 9.79 Å². The van der Waals surface area contributed by atoms with E-state index in [0.717, 1.165) is 21.5 Å². The summed E-state index contributed by atoms with van der Waals surface area (Å²) in [6.45, 7) is 0. The maximum Gasteiger partial charge on any atom is 0.346 e. The standard InChI is InChI=1S/C25H17NO3S2/c1-28-18-9-12-23-17(13-18)14-21(25(27)29-23)24-26-22(15-30-24)16-7-10-20(11-8-16)31-19-5-3-2-4-6-19/h2-15H,1H3. The van der Waals surface area contributed by atoms with Gasteiger partial charge in [-0.05, 0) is 48.5 Å². The van der Waals surface area contributed by atoms with Crippen molar-refractivity contribution in [2.75, 3.05) is 7.11 Å². The second-order valence-corrected chi connectivity index (χ2v) is 8.83. The second-order valence-electron chi connectivity index (χ2n) is 6.83. The van der Waals surface area contributed by atoms with Crippen LogP contribution >= 0.6 is 23.1 Å². The molecule has 0 atom stereocenters. The summed E-state index contributed by atoms with van der Waals surface area (Å²) in [5.41, 5.74) is 2.42. The molecule has 5 aromatic rings. The van der Waals surface area contributed by atoms with E-state index >= 15 is 0 Å². The third kappa shape index (κ3) is 4.13. The number of rotatable bonds is 5. The van der Waals surface area contributed by atoms with Crippen molar-refractivity contribution in [3.63, 3.8) is 0 Å². The molecule has 0 fully saturated rings. The first kappa shape index (κ1) is 19.6. The molecule has 31 heavy (non-hydrogen) atoms. The Hall–Kier alpha value is -3.35. The van der Waals surface area contributed by atoms with E-state index in [1.165, 1.54) is 16.2 Å². The molecule has 0 saturated heterocycles. The van der Waals surface area contributed by atoms with Gasteiger partial charge in [0.15, 0.2) is 0 Å². The van der Waals surface area contributed by atoms with Crippen LogP contribution in [0, 0.1) is 0 Å². The van der Waals surface area contributed by atoms with Crippen LogP contribution in [0.2, 0.25) is 0 Å². The van der Waals surface area contributed by atoms with Gasteiger partial charge in [-0.3, -0.25) is 0 Å². The second kappa shape index (κ2) is 8.41. The highest BCUT2D eigenvalue weighted by Gasteiger charge is 2.13. The maximum absolute atomic E-state index is 12.5. The lowest BCUT2D eigenvalue weighted by Gasteiger charge is -2.03. The summed E-state index contributed by atoms with van der Waals surface area (Å²) < 4.78 is 10.8. The minimum absolute atomic E-state index is 0.395. The van der Waals surface area contributed by atoms with Crippen molar-refractivity contribution in [1.29, 1.82) is 0 Å². The summed E-state index contributed by atoms with van der Waals surface area (Å²) >= 11 is 3.15. The monoisotopic (exact) mass is 443 g/mol. The van der Waals surface area contributed by atoms with Gasteiger partial charge >= 0.3 is 5.63 Å². The largest absolute Gasteiger partial charge is 0.497 e. The number of aromatic nitrogens is 1. The molecule has 5 rings (SSSR count). The molecule has 0 bridgehead atoms. The predicted octanol–water partition coefficient (Wildman–Crippen LogP) is 6.74. The van der Waals surface area contributed by atoms with Crippen molar-refractivity contribution >= 4 is 34.1 Å². The Balaban J connectivity index is 1.43. The van der Waals surface area contributed by atoms with Crippen molar-refractivity contribution in [1.82, 2.24) is 4.98 Å². The summed E-state index contributed by atoms with van der Waals surface area (Å²) in [4.78, 5) is 19.6. The maximum atomic E-state index is 12.5. The first-order chi connectivity index (χ1) is 15.2. The summed E-state index contributed by atoms with van der Waals surface area (Å²) in [5.74, 6) is 0.709. The molecule has 0 aliphatic rings. The van der Waals surface area contributed by atoms with Crippen LogP contribution in [0.15, 0.2) is 103 Å². The molecule has 0 radical (unpaired) electrons. The molecule has 152 valence electrons. The van der Waals surface area contributed by atoms with Crippen molar-refractivity contribution in [3.8, 4) is 27.6 Å². The van der Waals surface area contributed by atoms with Crippen molar-refractivity contribution in [2.24, 2.45) is 0 Å². The molecule has 2 heterocycles. The average molecular weight is 444 g/mol. The normalized spacial score (nSPS) is 11.0. The number of benzene rings is 3. The van der Waals surface area contributed by atoms with Gasteiger partial charge in [-0.1, -0.05) is 42.1 Å². The Morgan fingerprint density at radius 3 is 2.48 bits per heavy atom. The van der Waals surface area contributed by atoms with Crippen LogP contribution in [-0.2, 0) is 0 Å². The molecule has 0 unspecified atom stereocenters. The van der Waals surface area contributed by atoms with Gasteiger partial charge in [0, 0.05) is 26.1 Å². The third-order valence-electron chi connectivity index (χ3n) is 4.80. The van der Waals surface area contributed by atoms with Gasteiger partial charge in [-0.2, -0.15) is 0 Å². The van der Waals surface area contributed by atoms with Crippen LogP contribution in [0.5, 0.6) is 5.75 Å². The average Bonchev–Trinajstić information content (AvgIpc) is 3.29. The topological polar surface area (TPSA) is 52.3 Å². The molecule has 0 saturated carbocycles. The van der Waals surface area contributed by atoms with Crippen LogP contribution in [0.3, 0.4) is 0 Å². The number of thiazole rings is 1. The summed E-state index contributed by atoms with van der Waals surface area (Å²) in [6, 6.07) is 25.7. The van der Waals surface area contributed by atoms with Crippen LogP contribution in [0.4, 0.5) is 0 Å². The minimum Gasteiger partial charge on any atom is -0.497 e. The van der Waals surface area contributed by atoms with E-state index in [-0.39, 0.29) is 0 Å². The van der Waals surface area contributed by atoms with E-state index in [2.05, 4.69) is 36.4 Å². The van der Waals surface area contributed by atoms with Gasteiger partial charge < -0.3 is 9.15 Å². The summed E-state index contributed by atoms with van der Waals surface area (Å²) in [6.07, 6.45) is 0. The number of nitrogens with zero attached hydrogens (tertiary/aromatic N) is 1. The zero-order valence-electron chi connectivity index (χ0n) is 16.6. The highest BCUT2D eigenvalue weighted by atomic mass is 32.2. The fraction of sp³-hybridized carbons (Fsp3) is 0.0400. The Kier molecular flexibility index (Phi) is 5.32. The van der Waals surface area contributed by atoms with Gasteiger partial charge in [0.2, 0.25) is 0 Å². The number of hydrogen-bond acceptors (Lipinski definition) is 6. The first-order valence-corrected chi connectivity index (χ1v) is 11.3. The molecule has 6 heteroatoms. The van der Waals surface area contributed by atoms with Crippen LogP contribution in [-0.4, -0.2) is 12.1 Å². The highest BCUT2D eigenvalue weighted by molar-refractivity contribution is 7.99. The van der Waals surface area contributed by atoms with E-state index in [1.807, 2.05) is 35.7 Å². The Morgan fingerprint density at radius 1 is 0.935 bits per heavy atom. The first-order valence-electron chi connectivity index (χ1n) is 9.61. The lowest BCUT2D eigenvalue weighted by molar-refractivity contribution is 0.415. The molecule has 0 N–H and O–H groups in total. The third-order valence-corrected chi connectivity index (χ3v) is 6.69. The van der Waals surface area contributed by atoms with Crippen LogP contribution in [0.1, 0.15) is 0 Å². The number of methoxy groups -OCH3 is 1. The quantitative estimate of drug-likeness (QED) is 0.281. The lowest BCUT2D eigenvalue weighted by Crippen LogP contribution is -2.02. The van der Waals surface area contributed by atoms with E-state index in [4.69, 9.17) is 14.1 Å². The molecular weight excluding hydrogens is 426 g/mol. The van der Waals surface area contributed by atoms with Gasteiger partial charge in [-0.25, -0.2) is 9.78 Å². The van der Waals surface area contributed by atoms with E-state index in [1.54, 1.807) is 31.0 Å². The minimum atomic E-state index is -0.395. The lowest BCUT2D eigenvalue weighted by atomic mass is 10.1. The SMILES string of the molecule is COc1ccc2oc(=O)c(-c3nc(-c4ccc(Sc5ccccc5)cc4)cs3)cc2c1. The van der Waals surface area contributed by atoms with Crippen LogP contribution in [0.25, 0.3) is 32.8 Å². The van der Waals surface area contributed by atoms with Crippen molar-refractivity contribution < 1.29 is 9.15 Å². The molecular formula is C25H17NO3S2. The van der Waals surface area contributed by atoms with Gasteiger partial charge in [-0.15, -0.1) is 11.3 Å². The van der Waals surface area contributed by atoms with E-state index in [0.29, 0.717) is 21.9 Å². The molecule has 0 spiro atoms. The van der Waals surface area contributed by atoms with E-state index in [9.17, 15) is 4.79 Å². The Bertz CT molecular complexity index is 1410. The molecule has 0 amide bonds. The number of fused-ring (bicyclic) bond motifs is 1. The zero-order valence-corrected chi connectivity index (χ0v) is 18.2. The Labute approximate surface area is 187 Å². The number of hydrogen-bond donors (Lipinski definition) is 0. The van der Waals surface area contributed by atoms with Gasteiger partial charge in [0.1, 0.15) is 16.3 Å². The molecule has 4 nitrogen and oxygen atoms in total. The molecule has 2 aromatic heterocycles. The Morgan fingerprint density at radius 2 is 1.71 bits per heavy atom. The molecule has 0 aliphatic carbocycles. The fourth-order valence-corrected chi connectivity index (χ4v) is 4.90. The summed E-state index contributed by atoms with van der Waals surface area (Å²) in [7, 11) is 1.61. The highest BCUT2D eigenvalue weighted by Crippen LogP contribution is 2.32.